The molecule has 0 radical (unpaired) electrons. The molecule has 0 aliphatic heterocycles. The number of rotatable bonds is 3. The molecule has 0 aliphatic rings. The van der Waals surface area contributed by atoms with Crippen LogP contribution in [0.1, 0.15) is 25.1 Å². The number of aromatic nitrogens is 3. The van der Waals surface area contributed by atoms with Crippen molar-refractivity contribution in [3.05, 3.63) is 109 Å². The second-order valence-electron chi connectivity index (χ2n) is 8.14. The van der Waals surface area contributed by atoms with Crippen molar-refractivity contribution >= 4 is 27.5 Å². The molecule has 4 aromatic rings. The molecular formula is C27H26F12N6P2Ru. The second-order valence-corrected chi connectivity index (χ2v) is 12.0. The van der Waals surface area contributed by atoms with Crippen LogP contribution in [0.15, 0.2) is 102 Å². The van der Waals surface area contributed by atoms with Gasteiger partial charge >= 0.3 is 85.5 Å². The molecule has 0 fully saturated rings. The minimum atomic E-state index is -10.7. The Morgan fingerprint density at radius 3 is 1.15 bits per heavy atom. The number of hydrogen-bond acceptors (Lipinski definition) is 6. The maximum Gasteiger partial charge on any atom is 2.00 e. The Morgan fingerprint density at radius 2 is 0.875 bits per heavy atom. The van der Waals surface area contributed by atoms with Crippen molar-refractivity contribution in [3.63, 3.8) is 0 Å². The van der Waals surface area contributed by atoms with Crippen LogP contribution in [-0.4, -0.2) is 21.2 Å². The van der Waals surface area contributed by atoms with Crippen LogP contribution in [0.5, 0.6) is 0 Å². The van der Waals surface area contributed by atoms with E-state index in [4.69, 9.17) is 10.5 Å². The van der Waals surface area contributed by atoms with Gasteiger partial charge in [-0.3, -0.25) is 19.9 Å². The van der Waals surface area contributed by atoms with Gasteiger partial charge in [0.1, 0.15) is 0 Å². The van der Waals surface area contributed by atoms with Crippen molar-refractivity contribution in [2.75, 3.05) is 0 Å². The fourth-order valence-corrected chi connectivity index (χ4v) is 2.25. The maximum absolute atomic E-state index is 10.7. The molecule has 1 aromatic carbocycles. The Kier molecular flexibility index (Phi) is 18.6. The summed E-state index contributed by atoms with van der Waals surface area (Å²) in [6, 6.07) is 28.9. The largest absolute Gasteiger partial charge is 2.00 e. The zero-order valence-corrected chi connectivity index (χ0v) is 28.3. The van der Waals surface area contributed by atoms with Gasteiger partial charge in [-0.05, 0) is 55.5 Å². The first-order chi connectivity index (χ1) is 21.0. The molecule has 0 N–H and O–H groups in total. The Morgan fingerprint density at radius 1 is 0.562 bits per heavy atom. The molecule has 3 aromatic heterocycles. The Labute approximate surface area is 280 Å². The van der Waals surface area contributed by atoms with E-state index in [2.05, 4.69) is 26.9 Å². The number of aliphatic imine (C=N–C) groups is 1. The first-order valence-corrected chi connectivity index (χ1v) is 16.2. The molecule has 0 saturated carbocycles. The summed E-state index contributed by atoms with van der Waals surface area (Å²) in [6.07, 6.45) is 7.06. The first-order valence-electron chi connectivity index (χ1n) is 12.1. The second kappa shape index (κ2) is 18.5. The molecule has 0 atom stereocenters. The van der Waals surface area contributed by atoms with Crippen molar-refractivity contribution in [2.24, 2.45) is 4.99 Å². The zero-order valence-electron chi connectivity index (χ0n) is 24.8. The van der Waals surface area contributed by atoms with Gasteiger partial charge in [-0.2, -0.15) is 10.5 Å². The van der Waals surface area contributed by atoms with E-state index in [9.17, 15) is 50.4 Å². The van der Waals surface area contributed by atoms with E-state index >= 15 is 0 Å². The third kappa shape index (κ3) is 46.4. The van der Waals surface area contributed by atoms with E-state index in [1.807, 2.05) is 78.9 Å². The van der Waals surface area contributed by atoms with Crippen LogP contribution in [-0.2, 0) is 19.5 Å². The van der Waals surface area contributed by atoms with Crippen LogP contribution in [0.4, 0.5) is 56.1 Å². The Hall–Kier alpha value is -4.04. The normalized spacial score (nSPS) is 12.9. The van der Waals surface area contributed by atoms with Crippen molar-refractivity contribution < 1.29 is 69.8 Å². The summed E-state index contributed by atoms with van der Waals surface area (Å²) in [6.45, 7) is 4.92. The summed E-state index contributed by atoms with van der Waals surface area (Å²) in [5.41, 5.74) is 4.90. The Bertz CT molecular complexity index is 1480. The van der Waals surface area contributed by atoms with Crippen LogP contribution in [0.3, 0.4) is 0 Å². The predicted octanol–water partition coefficient (Wildman–Crippen LogP) is 13.1. The number of benzene rings is 1. The van der Waals surface area contributed by atoms with Gasteiger partial charge in [-0.1, -0.05) is 35.9 Å². The average molecular weight is 826 g/mol. The van der Waals surface area contributed by atoms with E-state index in [-0.39, 0.29) is 19.5 Å². The van der Waals surface area contributed by atoms with Gasteiger partial charge in [0.2, 0.25) is 0 Å². The average Bonchev–Trinajstić information content (AvgIpc) is 2.92. The van der Waals surface area contributed by atoms with Gasteiger partial charge < -0.3 is 0 Å². The summed E-state index contributed by atoms with van der Waals surface area (Å²) in [5.74, 6) is 0. The molecule has 0 amide bonds. The summed E-state index contributed by atoms with van der Waals surface area (Å²) < 4.78 is 118. The monoisotopic (exact) mass is 826 g/mol. The third-order valence-electron chi connectivity index (χ3n) is 3.66. The molecule has 266 valence electrons. The van der Waals surface area contributed by atoms with Crippen LogP contribution in [0.2, 0.25) is 0 Å². The number of pyridine rings is 3. The summed E-state index contributed by atoms with van der Waals surface area (Å²) in [5, 5.41) is 14.6. The quantitative estimate of drug-likeness (QED) is 0.0887. The molecule has 0 unspecified atom stereocenters. The van der Waals surface area contributed by atoms with Crippen molar-refractivity contribution in [1.29, 1.82) is 10.5 Å². The van der Waals surface area contributed by atoms with E-state index in [0.717, 1.165) is 22.8 Å². The van der Waals surface area contributed by atoms with Crippen molar-refractivity contribution in [2.45, 2.75) is 20.8 Å². The molecule has 21 heteroatoms. The molecule has 48 heavy (non-hydrogen) atoms. The van der Waals surface area contributed by atoms with E-state index in [0.29, 0.717) is 0 Å². The summed E-state index contributed by atoms with van der Waals surface area (Å²) in [4.78, 5) is 16.9. The molecule has 0 bridgehead atoms. The SMILES string of the molecule is CC#N.CC#N.Cc1ccc(N=Cc2ccccn2)cc1.F[P-](F)(F)(F)(F)F.F[P-](F)(F)(F)(F)F.[Ru+2].c1ccc(-c2ccccn2)nc1. The summed E-state index contributed by atoms with van der Waals surface area (Å²) in [7, 11) is -21.3. The van der Waals surface area contributed by atoms with Gasteiger partial charge in [0, 0.05) is 32.4 Å². The minimum Gasteiger partial charge on any atom is -0.255 e. The third-order valence-corrected chi connectivity index (χ3v) is 3.66. The topological polar surface area (TPSA) is 98.6 Å². The smallest absolute Gasteiger partial charge is 0.255 e. The van der Waals surface area contributed by atoms with Gasteiger partial charge in [0.05, 0.1) is 41.1 Å². The first kappa shape index (κ1) is 48.4. The van der Waals surface area contributed by atoms with Crippen molar-refractivity contribution in [1.82, 2.24) is 15.0 Å². The minimum absolute atomic E-state index is 0. The fraction of sp³-hybridized carbons (Fsp3) is 0.111. The van der Waals surface area contributed by atoms with Crippen LogP contribution in [0.25, 0.3) is 11.4 Å². The molecular weight excluding hydrogens is 799 g/mol. The van der Waals surface area contributed by atoms with Crippen molar-refractivity contribution in [3.8, 4) is 23.5 Å². The predicted molar refractivity (Wildman–Crippen MR) is 160 cm³/mol. The van der Waals surface area contributed by atoms with E-state index in [1.165, 1.54) is 19.4 Å². The number of hydrogen-bond donors (Lipinski definition) is 0. The maximum atomic E-state index is 9.87. The molecule has 6 nitrogen and oxygen atoms in total. The van der Waals surface area contributed by atoms with Crippen LogP contribution < -0.4 is 0 Å². The molecule has 0 aliphatic carbocycles. The molecule has 3 heterocycles. The van der Waals surface area contributed by atoms with Gasteiger partial charge in [0.25, 0.3) is 0 Å². The van der Waals surface area contributed by atoms with E-state index in [1.54, 1.807) is 36.9 Å². The van der Waals surface area contributed by atoms with Crippen LogP contribution >= 0.6 is 15.6 Å². The molecule has 0 saturated heterocycles. The van der Waals surface area contributed by atoms with Gasteiger partial charge in [0.15, 0.2) is 0 Å². The summed E-state index contributed by atoms with van der Waals surface area (Å²) >= 11 is 0. The van der Waals surface area contributed by atoms with Crippen LogP contribution in [0, 0.1) is 29.6 Å². The number of halogens is 12. The zero-order chi connectivity index (χ0) is 37.0. The number of nitriles is 2. The molecule has 0 spiro atoms. The Balaban J connectivity index is -0.000000552. The van der Waals surface area contributed by atoms with Gasteiger partial charge in [-0.25, -0.2) is 0 Å². The fourth-order valence-electron chi connectivity index (χ4n) is 2.25. The molecule has 4 rings (SSSR count). The standard InChI is InChI=1S/C13H12N2.C10H8N2.2C2H3N.2F6P.Ru/c1-11-5-7-12(8-6-11)15-10-13-4-2-3-9-14-13;1-3-7-11-9(5-1)10-6-2-4-8-12-10;2*1-2-3;2*1-7(2,3,4,5)6;/h2-10H,1H3;1-8H;2*1H3;;;/q;;;;2*-1;+2. The van der Waals surface area contributed by atoms with E-state index < -0.39 is 15.6 Å². The number of nitrogens with zero attached hydrogens (tertiary/aromatic N) is 6. The number of aryl methyl sites for hydroxylation is 1. The van der Waals surface area contributed by atoms with Gasteiger partial charge in [-0.15, -0.1) is 0 Å².